The molecule has 3 rings (SSSR count). The van der Waals surface area contributed by atoms with E-state index >= 15 is 0 Å². The number of carbonyl (C=O) groups is 5. The molecule has 36 heavy (non-hydrogen) atoms. The molecule has 1 aromatic heterocycles. The Morgan fingerprint density at radius 1 is 1.03 bits per heavy atom. The summed E-state index contributed by atoms with van der Waals surface area (Å²) in [6.07, 6.45) is -3.31. The van der Waals surface area contributed by atoms with Crippen LogP contribution < -0.4 is 5.32 Å². The van der Waals surface area contributed by atoms with Crippen LogP contribution in [-0.4, -0.2) is 71.4 Å². The van der Waals surface area contributed by atoms with Gasteiger partial charge in [0.15, 0.2) is 28.9 Å². The number of ether oxygens (including phenoxy) is 5. The quantitative estimate of drug-likeness (QED) is 0.303. The van der Waals surface area contributed by atoms with Crippen molar-refractivity contribution in [1.29, 1.82) is 0 Å². The Hall–Kier alpha value is -3.23. The highest BCUT2D eigenvalue weighted by molar-refractivity contribution is 8.14. The fourth-order valence-electron chi connectivity index (χ4n) is 3.40. The number of esters is 4. The van der Waals surface area contributed by atoms with Crippen LogP contribution in [0.5, 0.6) is 0 Å². The van der Waals surface area contributed by atoms with Gasteiger partial charge in [-0.1, -0.05) is 17.8 Å². The predicted molar refractivity (Wildman–Crippen MR) is 127 cm³/mol. The Morgan fingerprint density at radius 3 is 2.25 bits per heavy atom. The summed E-state index contributed by atoms with van der Waals surface area (Å²) in [6.45, 7) is 4.26. The van der Waals surface area contributed by atoms with E-state index in [1.54, 1.807) is 6.08 Å². The van der Waals surface area contributed by atoms with Gasteiger partial charge in [0.1, 0.15) is 18.4 Å². The zero-order chi connectivity index (χ0) is 26.4. The molecule has 0 aliphatic carbocycles. The van der Waals surface area contributed by atoms with Crippen LogP contribution in [0.4, 0.5) is 0 Å². The largest absolute Gasteiger partial charge is 0.463 e. The first-order valence-electron chi connectivity index (χ1n) is 10.7. The van der Waals surface area contributed by atoms with Crippen LogP contribution in [0.2, 0.25) is 0 Å². The molecule has 2 aliphatic heterocycles. The van der Waals surface area contributed by atoms with Crippen LogP contribution in [0.1, 0.15) is 32.6 Å². The van der Waals surface area contributed by atoms with E-state index in [0.717, 1.165) is 37.4 Å². The van der Waals surface area contributed by atoms with Gasteiger partial charge in [0.25, 0.3) is 5.91 Å². The Balaban J connectivity index is 1.94. The van der Waals surface area contributed by atoms with E-state index in [9.17, 15) is 24.0 Å². The Bertz CT molecular complexity index is 1080. The van der Waals surface area contributed by atoms with Crippen molar-refractivity contribution >= 4 is 64.1 Å². The highest BCUT2D eigenvalue weighted by Crippen LogP contribution is 2.35. The first-order chi connectivity index (χ1) is 17.0. The van der Waals surface area contributed by atoms with Crippen molar-refractivity contribution in [2.45, 2.75) is 57.5 Å². The lowest BCUT2D eigenvalue weighted by atomic mass is 9.99. The van der Waals surface area contributed by atoms with Crippen molar-refractivity contribution in [3.8, 4) is 0 Å². The smallest absolute Gasteiger partial charge is 0.303 e. The lowest BCUT2D eigenvalue weighted by molar-refractivity contribution is -0.237. The second-order valence-electron chi connectivity index (χ2n) is 7.60. The SMILES string of the molecule is CC(=O)OC[C@H]1O[C@@H](SC2=N/C(=C\c3cccs3)C(=O)N2)[C@H](OC(C)=O)[C@@H](OC(C)=O)[C@@H]1OC(C)=O. The van der Waals surface area contributed by atoms with Gasteiger partial charge in [0, 0.05) is 32.6 Å². The van der Waals surface area contributed by atoms with Gasteiger partial charge >= 0.3 is 23.9 Å². The van der Waals surface area contributed by atoms with Gasteiger partial charge in [-0.05, 0) is 17.5 Å². The summed E-state index contributed by atoms with van der Waals surface area (Å²) in [5.41, 5.74) is -0.934. The van der Waals surface area contributed by atoms with Crippen LogP contribution in [-0.2, 0) is 47.7 Å². The normalized spacial score (nSPS) is 26.6. The topological polar surface area (TPSA) is 156 Å². The van der Waals surface area contributed by atoms with Gasteiger partial charge < -0.3 is 23.7 Å². The number of hydrogen-bond donors (Lipinski definition) is 1. The van der Waals surface area contributed by atoms with Crippen molar-refractivity contribution in [3.63, 3.8) is 0 Å². The number of rotatable bonds is 7. The maximum absolute atomic E-state index is 12.4. The van der Waals surface area contributed by atoms with Gasteiger partial charge in [0.2, 0.25) is 0 Å². The summed E-state index contributed by atoms with van der Waals surface area (Å²) in [4.78, 5) is 64.6. The number of nitrogens with zero attached hydrogens (tertiary/aromatic N) is 1. The molecule has 3 heterocycles. The maximum atomic E-state index is 12.4. The molecule has 1 N–H and O–H groups in total. The van der Waals surface area contributed by atoms with Gasteiger partial charge in [-0.2, -0.15) is 0 Å². The summed E-state index contributed by atoms with van der Waals surface area (Å²) in [7, 11) is 0. The van der Waals surface area contributed by atoms with E-state index in [2.05, 4.69) is 10.3 Å². The summed E-state index contributed by atoms with van der Waals surface area (Å²) < 4.78 is 27.2. The molecule has 1 saturated heterocycles. The van der Waals surface area contributed by atoms with E-state index in [1.165, 1.54) is 18.3 Å². The molecule has 14 heteroatoms. The molecule has 12 nitrogen and oxygen atoms in total. The number of carbonyl (C=O) groups excluding carboxylic acids is 5. The van der Waals surface area contributed by atoms with E-state index in [-0.39, 0.29) is 17.5 Å². The average Bonchev–Trinajstić information content (AvgIpc) is 3.40. The van der Waals surface area contributed by atoms with Crippen LogP contribution in [0, 0.1) is 0 Å². The van der Waals surface area contributed by atoms with Crippen molar-refractivity contribution in [1.82, 2.24) is 5.32 Å². The third kappa shape index (κ3) is 7.38. The molecular weight excluding hydrogens is 516 g/mol. The second-order valence-corrected chi connectivity index (χ2v) is 9.67. The number of nitrogens with one attached hydrogen (secondary N) is 1. The number of amidine groups is 1. The number of thiophene rings is 1. The van der Waals surface area contributed by atoms with E-state index in [4.69, 9.17) is 23.7 Å². The third-order valence-electron chi connectivity index (χ3n) is 4.67. The fourth-order valence-corrected chi connectivity index (χ4v) is 5.12. The molecule has 1 fully saturated rings. The molecule has 0 unspecified atom stereocenters. The van der Waals surface area contributed by atoms with E-state index < -0.39 is 59.6 Å². The van der Waals surface area contributed by atoms with Crippen molar-refractivity contribution in [2.24, 2.45) is 4.99 Å². The molecule has 0 radical (unpaired) electrons. The molecule has 194 valence electrons. The monoisotopic (exact) mass is 540 g/mol. The lowest BCUT2D eigenvalue weighted by Crippen LogP contribution is -2.61. The molecule has 2 aliphatic rings. The highest BCUT2D eigenvalue weighted by Gasteiger charge is 2.53. The van der Waals surface area contributed by atoms with Crippen LogP contribution >= 0.6 is 23.1 Å². The molecule has 1 aromatic rings. The summed E-state index contributed by atoms with van der Waals surface area (Å²) in [5.74, 6) is -3.25. The highest BCUT2D eigenvalue weighted by atomic mass is 32.2. The molecule has 0 aromatic carbocycles. The minimum absolute atomic E-state index is 0.142. The van der Waals surface area contributed by atoms with Crippen molar-refractivity contribution in [2.75, 3.05) is 6.61 Å². The molecule has 0 spiro atoms. The number of amides is 1. The number of aliphatic imine (C=N–C) groups is 1. The summed E-state index contributed by atoms with van der Waals surface area (Å²) in [6, 6.07) is 3.66. The van der Waals surface area contributed by atoms with E-state index in [0.29, 0.717) is 0 Å². The third-order valence-corrected chi connectivity index (χ3v) is 6.52. The average molecular weight is 541 g/mol. The fraction of sp³-hybridized carbons (Fsp3) is 0.455. The van der Waals surface area contributed by atoms with Crippen molar-refractivity contribution < 1.29 is 47.7 Å². The molecular formula is C22H24N2O10S2. The first kappa shape index (κ1) is 27.4. The summed E-state index contributed by atoms with van der Waals surface area (Å²) in [5, 5.41) is 4.61. The van der Waals surface area contributed by atoms with Crippen LogP contribution in [0.25, 0.3) is 6.08 Å². The van der Waals surface area contributed by atoms with Gasteiger partial charge in [-0.15, -0.1) is 11.3 Å². The predicted octanol–water partition coefficient (Wildman–Crippen LogP) is 1.39. The summed E-state index contributed by atoms with van der Waals surface area (Å²) >= 11 is 2.33. The minimum atomic E-state index is -1.30. The standard InChI is InChI=1S/C22H24N2O10S2/c1-10(25)30-9-16-17(31-11(2)26)18(32-12(3)27)19(33-13(4)28)21(34-16)36-22-23-15(20(29)24-22)8-14-6-5-7-35-14/h5-8,16-19,21H,9H2,1-4H3,(H,23,24,29)/b15-8-/t16-,17-,18+,19-,21+/m1/s1. The number of hydrogen-bond acceptors (Lipinski definition) is 13. The van der Waals surface area contributed by atoms with E-state index in [1.807, 2.05) is 17.5 Å². The zero-order valence-electron chi connectivity index (χ0n) is 19.7. The zero-order valence-corrected chi connectivity index (χ0v) is 21.4. The first-order valence-corrected chi connectivity index (χ1v) is 12.4. The second kappa shape index (κ2) is 12.1. The van der Waals surface area contributed by atoms with Gasteiger partial charge in [0.05, 0.1) is 0 Å². The number of thioether (sulfide) groups is 1. The minimum Gasteiger partial charge on any atom is -0.463 e. The molecule has 5 atom stereocenters. The Kier molecular flexibility index (Phi) is 9.23. The Labute approximate surface area is 214 Å². The van der Waals surface area contributed by atoms with Crippen molar-refractivity contribution in [3.05, 3.63) is 28.1 Å². The van der Waals surface area contributed by atoms with Gasteiger partial charge in [-0.3, -0.25) is 29.3 Å². The maximum Gasteiger partial charge on any atom is 0.303 e. The molecule has 0 saturated carbocycles. The Morgan fingerprint density at radius 2 is 1.67 bits per heavy atom. The molecule has 1 amide bonds. The van der Waals surface area contributed by atoms with Gasteiger partial charge in [-0.25, -0.2) is 4.99 Å². The van der Waals surface area contributed by atoms with Crippen LogP contribution in [0.3, 0.4) is 0 Å². The molecule has 0 bridgehead atoms. The van der Waals surface area contributed by atoms with Crippen LogP contribution in [0.15, 0.2) is 28.2 Å². The lowest BCUT2D eigenvalue weighted by Gasteiger charge is -2.44.